The molecule has 0 aromatic carbocycles. The summed E-state index contributed by atoms with van der Waals surface area (Å²) in [6.07, 6.45) is 6.66. The minimum Gasteiger partial charge on any atom is -0.384 e. The van der Waals surface area contributed by atoms with Crippen molar-refractivity contribution in [1.82, 2.24) is 10.2 Å². The van der Waals surface area contributed by atoms with Gasteiger partial charge in [-0.05, 0) is 69.6 Å². The molecule has 2 heterocycles. The second-order valence-corrected chi connectivity index (χ2v) is 8.45. The zero-order valence-electron chi connectivity index (χ0n) is 14.7. The molecule has 2 saturated heterocycles. The minimum absolute atomic E-state index is 0.390. The quantitative estimate of drug-likeness (QED) is 0.862. The van der Waals surface area contributed by atoms with Gasteiger partial charge in [-0.1, -0.05) is 20.8 Å². The van der Waals surface area contributed by atoms with Crippen LogP contribution < -0.4 is 5.32 Å². The van der Waals surface area contributed by atoms with Crippen LogP contribution in [0.5, 0.6) is 0 Å². The molecule has 124 valence electrons. The topological polar surface area (TPSA) is 24.5 Å². The molecule has 0 amide bonds. The van der Waals surface area contributed by atoms with Gasteiger partial charge in [-0.15, -0.1) is 0 Å². The van der Waals surface area contributed by atoms with Gasteiger partial charge in [0.2, 0.25) is 0 Å². The maximum absolute atomic E-state index is 5.58. The highest BCUT2D eigenvalue weighted by atomic mass is 16.5. The number of hydrogen-bond donors (Lipinski definition) is 1. The van der Waals surface area contributed by atoms with E-state index in [1.165, 1.54) is 51.7 Å². The van der Waals surface area contributed by atoms with Gasteiger partial charge in [0.05, 0.1) is 6.61 Å². The highest BCUT2D eigenvalue weighted by Gasteiger charge is 2.35. The lowest BCUT2D eigenvalue weighted by molar-refractivity contribution is 0.0225. The smallest absolute Gasteiger partial charge is 0.0531 e. The van der Waals surface area contributed by atoms with Crippen molar-refractivity contribution in [2.45, 2.75) is 52.9 Å². The van der Waals surface area contributed by atoms with E-state index in [1.807, 2.05) is 7.11 Å². The highest BCUT2D eigenvalue weighted by Crippen LogP contribution is 2.36. The fourth-order valence-electron chi connectivity index (χ4n) is 4.27. The Morgan fingerprint density at radius 1 is 1.14 bits per heavy atom. The average molecular weight is 296 g/mol. The summed E-state index contributed by atoms with van der Waals surface area (Å²) in [5, 5.41) is 3.50. The van der Waals surface area contributed by atoms with Crippen LogP contribution in [0.3, 0.4) is 0 Å². The summed E-state index contributed by atoms with van der Waals surface area (Å²) in [6.45, 7) is 14.3. The standard InChI is InChI=1S/C18H36N2O/c1-17(2,3)16-6-5-12-20(13-7-16)14-18(15-21-4)8-10-19-11-9-18/h16,19H,5-15H2,1-4H3. The molecule has 1 N–H and O–H groups in total. The van der Waals surface area contributed by atoms with Crippen LogP contribution in [0.4, 0.5) is 0 Å². The Hall–Kier alpha value is -0.120. The maximum Gasteiger partial charge on any atom is 0.0531 e. The van der Waals surface area contributed by atoms with Crippen molar-refractivity contribution in [2.75, 3.05) is 46.4 Å². The van der Waals surface area contributed by atoms with E-state index in [0.29, 0.717) is 10.8 Å². The number of nitrogens with one attached hydrogen (secondary N) is 1. The second-order valence-electron chi connectivity index (χ2n) is 8.45. The molecule has 0 aromatic rings. The number of rotatable bonds is 4. The normalized spacial score (nSPS) is 28.3. The number of methoxy groups -OCH3 is 1. The van der Waals surface area contributed by atoms with Crippen LogP contribution in [0.2, 0.25) is 0 Å². The minimum atomic E-state index is 0.390. The molecule has 0 bridgehead atoms. The summed E-state index contributed by atoms with van der Waals surface area (Å²) < 4.78 is 5.58. The number of hydrogen-bond acceptors (Lipinski definition) is 3. The van der Waals surface area contributed by atoms with E-state index >= 15 is 0 Å². The first-order valence-corrected chi connectivity index (χ1v) is 8.87. The Balaban J connectivity index is 1.92. The van der Waals surface area contributed by atoms with Crippen LogP contribution in [0.15, 0.2) is 0 Å². The van der Waals surface area contributed by atoms with Crippen molar-refractivity contribution in [3.63, 3.8) is 0 Å². The summed E-state index contributed by atoms with van der Waals surface area (Å²) in [5.74, 6) is 0.883. The van der Waals surface area contributed by atoms with Crippen LogP contribution in [-0.2, 0) is 4.74 Å². The average Bonchev–Trinajstić information content (AvgIpc) is 2.65. The van der Waals surface area contributed by atoms with Crippen molar-refractivity contribution in [3.8, 4) is 0 Å². The van der Waals surface area contributed by atoms with Crippen LogP contribution in [0, 0.1) is 16.7 Å². The largest absolute Gasteiger partial charge is 0.384 e. The third-order valence-corrected chi connectivity index (χ3v) is 5.72. The van der Waals surface area contributed by atoms with Gasteiger partial charge in [0, 0.05) is 19.1 Å². The molecule has 0 radical (unpaired) electrons. The molecule has 1 atom stereocenters. The Labute approximate surface area is 131 Å². The van der Waals surface area contributed by atoms with Gasteiger partial charge >= 0.3 is 0 Å². The summed E-state index contributed by atoms with van der Waals surface area (Å²) in [7, 11) is 1.86. The summed E-state index contributed by atoms with van der Waals surface area (Å²) in [6, 6.07) is 0. The lowest BCUT2D eigenvalue weighted by Gasteiger charge is -2.41. The van der Waals surface area contributed by atoms with E-state index < -0.39 is 0 Å². The molecule has 21 heavy (non-hydrogen) atoms. The van der Waals surface area contributed by atoms with Gasteiger partial charge in [0.15, 0.2) is 0 Å². The molecule has 2 rings (SSSR count). The molecule has 2 aliphatic rings. The van der Waals surface area contributed by atoms with Crippen molar-refractivity contribution in [3.05, 3.63) is 0 Å². The molecular weight excluding hydrogens is 260 g/mol. The van der Waals surface area contributed by atoms with Crippen LogP contribution >= 0.6 is 0 Å². The summed E-state index contributed by atoms with van der Waals surface area (Å²) in [5.41, 5.74) is 0.858. The summed E-state index contributed by atoms with van der Waals surface area (Å²) in [4.78, 5) is 2.73. The Kier molecular flexibility index (Phi) is 6.10. The molecule has 3 nitrogen and oxygen atoms in total. The monoisotopic (exact) mass is 296 g/mol. The number of nitrogens with zero attached hydrogens (tertiary/aromatic N) is 1. The van der Waals surface area contributed by atoms with Crippen molar-refractivity contribution >= 4 is 0 Å². The zero-order valence-corrected chi connectivity index (χ0v) is 14.7. The molecule has 1 unspecified atom stereocenters. The van der Waals surface area contributed by atoms with Gasteiger partial charge in [-0.3, -0.25) is 0 Å². The third-order valence-electron chi connectivity index (χ3n) is 5.72. The van der Waals surface area contributed by atoms with Crippen LogP contribution in [0.25, 0.3) is 0 Å². The molecular formula is C18H36N2O. The predicted molar refractivity (Wildman–Crippen MR) is 89.6 cm³/mol. The molecule has 0 aromatic heterocycles. The molecule has 0 spiro atoms. The van der Waals surface area contributed by atoms with Crippen molar-refractivity contribution in [1.29, 1.82) is 0 Å². The fourth-order valence-corrected chi connectivity index (χ4v) is 4.27. The lowest BCUT2D eigenvalue weighted by atomic mass is 9.76. The highest BCUT2D eigenvalue weighted by molar-refractivity contribution is 4.89. The van der Waals surface area contributed by atoms with E-state index in [0.717, 1.165) is 25.6 Å². The van der Waals surface area contributed by atoms with Gasteiger partial charge in [0.25, 0.3) is 0 Å². The molecule has 2 fully saturated rings. The van der Waals surface area contributed by atoms with Gasteiger partial charge in [-0.2, -0.15) is 0 Å². The van der Waals surface area contributed by atoms with E-state index in [1.54, 1.807) is 0 Å². The number of ether oxygens (including phenoxy) is 1. The Morgan fingerprint density at radius 2 is 1.86 bits per heavy atom. The lowest BCUT2D eigenvalue weighted by Crippen LogP contribution is -2.47. The van der Waals surface area contributed by atoms with Crippen LogP contribution in [-0.4, -0.2) is 51.3 Å². The molecule has 2 aliphatic heterocycles. The Morgan fingerprint density at radius 3 is 2.48 bits per heavy atom. The predicted octanol–water partition coefficient (Wildman–Crippen LogP) is 3.15. The molecule has 3 heteroatoms. The first-order valence-electron chi connectivity index (χ1n) is 8.87. The van der Waals surface area contributed by atoms with Crippen molar-refractivity contribution in [2.24, 2.45) is 16.7 Å². The SMILES string of the molecule is COCC1(CN2CCCC(C(C)(C)C)CC2)CCNCC1. The number of piperidine rings is 1. The molecule has 0 aliphatic carbocycles. The van der Waals surface area contributed by atoms with Gasteiger partial charge in [-0.25, -0.2) is 0 Å². The van der Waals surface area contributed by atoms with Crippen molar-refractivity contribution < 1.29 is 4.74 Å². The maximum atomic E-state index is 5.58. The second kappa shape index (κ2) is 7.43. The molecule has 0 saturated carbocycles. The Bertz CT molecular complexity index is 299. The van der Waals surface area contributed by atoms with E-state index in [4.69, 9.17) is 4.74 Å². The van der Waals surface area contributed by atoms with E-state index in [2.05, 4.69) is 31.0 Å². The van der Waals surface area contributed by atoms with Gasteiger partial charge in [0.1, 0.15) is 0 Å². The first-order chi connectivity index (χ1) is 9.95. The fraction of sp³-hybridized carbons (Fsp3) is 1.00. The van der Waals surface area contributed by atoms with E-state index in [-0.39, 0.29) is 0 Å². The number of likely N-dealkylation sites (tertiary alicyclic amines) is 1. The zero-order chi connectivity index (χ0) is 15.3. The van der Waals surface area contributed by atoms with Crippen LogP contribution in [0.1, 0.15) is 52.9 Å². The third kappa shape index (κ3) is 4.94. The first kappa shape index (κ1) is 17.2. The van der Waals surface area contributed by atoms with Gasteiger partial charge < -0.3 is 15.0 Å². The van der Waals surface area contributed by atoms with E-state index in [9.17, 15) is 0 Å². The summed E-state index contributed by atoms with van der Waals surface area (Å²) >= 11 is 0.